The summed E-state index contributed by atoms with van der Waals surface area (Å²) < 4.78 is 11.0. The third kappa shape index (κ3) is 7.45. The predicted molar refractivity (Wildman–Crippen MR) is 107 cm³/mol. The molecule has 0 fully saturated rings. The van der Waals surface area contributed by atoms with Crippen LogP contribution in [0.25, 0.3) is 0 Å². The molecular weight excluding hydrogens is 343 g/mol. The Labute approximate surface area is 161 Å². The van der Waals surface area contributed by atoms with E-state index in [9.17, 15) is 4.79 Å². The minimum Gasteiger partial charge on any atom is -0.494 e. The average molecular weight is 370 g/mol. The zero-order valence-corrected chi connectivity index (χ0v) is 15.8. The van der Waals surface area contributed by atoms with Gasteiger partial charge in [0.25, 0.3) is 0 Å². The molecule has 5 nitrogen and oxygen atoms in total. The van der Waals surface area contributed by atoms with Gasteiger partial charge in [-0.1, -0.05) is 51.2 Å². The summed E-state index contributed by atoms with van der Waals surface area (Å²) in [5.41, 5.74) is 0.759. The van der Waals surface area contributed by atoms with Gasteiger partial charge in [-0.25, -0.2) is 4.79 Å². The van der Waals surface area contributed by atoms with Crippen molar-refractivity contribution in [3.05, 3.63) is 54.1 Å². The Morgan fingerprint density at radius 1 is 0.852 bits per heavy atom. The lowest BCUT2D eigenvalue weighted by atomic mass is 9.80. The SMILES string of the molecule is CCCCCCCCOc1ccc(C(=O)Oc2ccc(B(O)O)cc2)cc1. The number of rotatable bonds is 11. The van der Waals surface area contributed by atoms with Crippen LogP contribution in [0, 0.1) is 0 Å². The first-order chi connectivity index (χ1) is 13.1. The molecule has 2 rings (SSSR count). The van der Waals surface area contributed by atoms with Crippen molar-refractivity contribution >= 4 is 18.6 Å². The third-order valence-corrected chi connectivity index (χ3v) is 4.25. The number of carbonyl (C=O) groups excluding carboxylic acids is 1. The van der Waals surface area contributed by atoms with Crippen molar-refractivity contribution in [3.63, 3.8) is 0 Å². The zero-order valence-electron chi connectivity index (χ0n) is 15.8. The van der Waals surface area contributed by atoms with Crippen molar-refractivity contribution in [1.82, 2.24) is 0 Å². The molecule has 2 aromatic carbocycles. The van der Waals surface area contributed by atoms with Gasteiger partial charge in [0.15, 0.2) is 0 Å². The number of unbranched alkanes of at least 4 members (excludes halogenated alkanes) is 5. The molecule has 0 atom stereocenters. The van der Waals surface area contributed by atoms with E-state index in [4.69, 9.17) is 19.5 Å². The lowest BCUT2D eigenvalue weighted by Crippen LogP contribution is -2.29. The molecule has 0 aromatic heterocycles. The van der Waals surface area contributed by atoms with Gasteiger partial charge in [-0.15, -0.1) is 0 Å². The number of hydrogen-bond acceptors (Lipinski definition) is 5. The molecule has 0 aliphatic rings. The van der Waals surface area contributed by atoms with Gasteiger partial charge in [-0.05, 0) is 48.3 Å². The van der Waals surface area contributed by atoms with Crippen molar-refractivity contribution in [2.45, 2.75) is 45.4 Å². The van der Waals surface area contributed by atoms with E-state index in [0.29, 0.717) is 23.4 Å². The zero-order chi connectivity index (χ0) is 19.5. The van der Waals surface area contributed by atoms with Crippen LogP contribution < -0.4 is 14.9 Å². The minimum absolute atomic E-state index is 0.335. The molecule has 0 unspecified atom stereocenters. The van der Waals surface area contributed by atoms with Crippen molar-refractivity contribution in [2.75, 3.05) is 6.61 Å². The van der Waals surface area contributed by atoms with Crippen LogP contribution in [0.5, 0.6) is 11.5 Å². The molecule has 0 aliphatic heterocycles. The smallest absolute Gasteiger partial charge is 0.488 e. The van der Waals surface area contributed by atoms with E-state index in [0.717, 1.165) is 12.2 Å². The second kappa shape index (κ2) is 11.4. The predicted octanol–water partition coefficient (Wildman–Crippen LogP) is 3.32. The highest BCUT2D eigenvalue weighted by Gasteiger charge is 2.12. The van der Waals surface area contributed by atoms with Crippen LogP contribution in [0.4, 0.5) is 0 Å². The van der Waals surface area contributed by atoms with Gasteiger partial charge in [-0.2, -0.15) is 0 Å². The first-order valence-corrected chi connectivity index (χ1v) is 9.51. The van der Waals surface area contributed by atoms with Gasteiger partial charge in [0.2, 0.25) is 0 Å². The lowest BCUT2D eigenvalue weighted by molar-refractivity contribution is 0.0735. The minimum atomic E-state index is -1.54. The molecule has 2 N–H and O–H groups in total. The normalized spacial score (nSPS) is 10.5. The Balaban J connectivity index is 1.76. The lowest BCUT2D eigenvalue weighted by Gasteiger charge is -2.08. The van der Waals surface area contributed by atoms with Gasteiger partial charge in [0, 0.05) is 0 Å². The summed E-state index contributed by atoms with van der Waals surface area (Å²) in [5.74, 6) is 0.601. The van der Waals surface area contributed by atoms with Crippen LogP contribution in [0.1, 0.15) is 55.8 Å². The summed E-state index contributed by atoms with van der Waals surface area (Å²) in [6, 6.07) is 12.9. The van der Waals surface area contributed by atoms with Crippen LogP contribution in [0.2, 0.25) is 0 Å². The molecule has 0 aliphatic carbocycles. The Morgan fingerprint density at radius 2 is 1.44 bits per heavy atom. The summed E-state index contributed by atoms with van der Waals surface area (Å²) in [4.78, 5) is 12.2. The number of carbonyl (C=O) groups is 1. The average Bonchev–Trinajstić information content (AvgIpc) is 2.68. The van der Waals surface area contributed by atoms with E-state index in [-0.39, 0.29) is 0 Å². The van der Waals surface area contributed by atoms with Crippen LogP contribution >= 0.6 is 0 Å². The van der Waals surface area contributed by atoms with Crippen molar-refractivity contribution in [2.24, 2.45) is 0 Å². The second-order valence-electron chi connectivity index (χ2n) is 6.47. The monoisotopic (exact) mass is 370 g/mol. The molecule has 0 heterocycles. The van der Waals surface area contributed by atoms with Crippen LogP contribution in [0.3, 0.4) is 0 Å². The van der Waals surface area contributed by atoms with Gasteiger partial charge >= 0.3 is 13.1 Å². The topological polar surface area (TPSA) is 76.0 Å². The Hall–Kier alpha value is -2.31. The van der Waals surface area contributed by atoms with E-state index < -0.39 is 13.1 Å². The first-order valence-electron chi connectivity index (χ1n) is 9.51. The van der Waals surface area contributed by atoms with E-state index in [1.54, 1.807) is 24.3 Å². The van der Waals surface area contributed by atoms with Gasteiger partial charge < -0.3 is 19.5 Å². The molecular formula is C21H27BO5. The second-order valence-corrected chi connectivity index (χ2v) is 6.47. The fourth-order valence-corrected chi connectivity index (χ4v) is 2.63. The first kappa shape index (κ1) is 21.0. The molecule has 0 bridgehead atoms. The van der Waals surface area contributed by atoms with E-state index in [2.05, 4.69) is 6.92 Å². The van der Waals surface area contributed by atoms with Gasteiger partial charge in [-0.3, -0.25) is 0 Å². The quantitative estimate of drug-likeness (QED) is 0.275. The molecule has 0 saturated carbocycles. The maximum atomic E-state index is 12.2. The standard InChI is InChI=1S/C21H27BO5/c1-2-3-4-5-6-7-16-26-19-12-8-17(9-13-19)21(23)27-20-14-10-18(11-15-20)22(24)25/h8-15,24-25H,2-7,16H2,1H3. The van der Waals surface area contributed by atoms with E-state index >= 15 is 0 Å². The fraction of sp³-hybridized carbons (Fsp3) is 0.381. The summed E-state index contributed by atoms with van der Waals surface area (Å²) in [6.07, 6.45) is 7.30. The summed E-state index contributed by atoms with van der Waals surface area (Å²) >= 11 is 0. The summed E-state index contributed by atoms with van der Waals surface area (Å²) in [6.45, 7) is 2.89. The van der Waals surface area contributed by atoms with Crippen molar-refractivity contribution in [3.8, 4) is 11.5 Å². The Morgan fingerprint density at radius 3 is 2.07 bits per heavy atom. The summed E-state index contributed by atoms with van der Waals surface area (Å²) in [5, 5.41) is 18.1. The molecule has 6 heteroatoms. The summed E-state index contributed by atoms with van der Waals surface area (Å²) in [7, 11) is -1.54. The van der Waals surface area contributed by atoms with Crippen LogP contribution in [0.15, 0.2) is 48.5 Å². The van der Waals surface area contributed by atoms with Crippen molar-refractivity contribution in [1.29, 1.82) is 0 Å². The molecule has 0 spiro atoms. The molecule has 0 amide bonds. The number of esters is 1. The van der Waals surface area contributed by atoms with Crippen molar-refractivity contribution < 1.29 is 24.3 Å². The van der Waals surface area contributed by atoms with Gasteiger partial charge in [0.1, 0.15) is 11.5 Å². The van der Waals surface area contributed by atoms with Gasteiger partial charge in [0.05, 0.1) is 12.2 Å². The number of hydrogen-bond donors (Lipinski definition) is 2. The molecule has 27 heavy (non-hydrogen) atoms. The molecule has 0 radical (unpaired) electrons. The number of benzene rings is 2. The third-order valence-electron chi connectivity index (χ3n) is 4.25. The molecule has 144 valence electrons. The van der Waals surface area contributed by atoms with Crippen LogP contribution in [-0.4, -0.2) is 29.7 Å². The highest BCUT2D eigenvalue weighted by molar-refractivity contribution is 6.58. The highest BCUT2D eigenvalue weighted by Crippen LogP contribution is 2.16. The Bertz CT molecular complexity index is 683. The number of ether oxygens (including phenoxy) is 2. The maximum Gasteiger partial charge on any atom is 0.488 e. The highest BCUT2D eigenvalue weighted by atomic mass is 16.5. The Kier molecular flexibility index (Phi) is 8.88. The fourth-order valence-electron chi connectivity index (χ4n) is 2.63. The molecule has 2 aromatic rings. The van der Waals surface area contributed by atoms with Crippen LogP contribution in [-0.2, 0) is 0 Å². The van der Waals surface area contributed by atoms with E-state index in [1.807, 2.05) is 0 Å². The molecule has 0 saturated heterocycles. The maximum absolute atomic E-state index is 12.2. The largest absolute Gasteiger partial charge is 0.494 e. The van der Waals surface area contributed by atoms with E-state index in [1.165, 1.54) is 56.4 Å².